The Morgan fingerprint density at radius 2 is 1.90 bits per heavy atom. The lowest BCUT2D eigenvalue weighted by atomic mass is 10.2. The molecule has 8 nitrogen and oxygen atoms in total. The number of sulfonamides is 1. The molecule has 0 fully saturated rings. The molecule has 1 heterocycles. The Hall–Kier alpha value is -3.74. The maximum absolute atomic E-state index is 12.6. The lowest BCUT2D eigenvalue weighted by Crippen LogP contribution is -2.23. The highest BCUT2D eigenvalue weighted by Gasteiger charge is 2.15. The van der Waals surface area contributed by atoms with Gasteiger partial charge in [-0.3, -0.25) is 4.79 Å². The van der Waals surface area contributed by atoms with E-state index in [1.807, 2.05) is 6.07 Å². The van der Waals surface area contributed by atoms with E-state index in [9.17, 15) is 13.2 Å². The van der Waals surface area contributed by atoms with E-state index in [0.29, 0.717) is 16.9 Å². The van der Waals surface area contributed by atoms with E-state index >= 15 is 0 Å². The zero-order chi connectivity index (χ0) is 20.9. The maximum Gasteiger partial charge on any atom is 0.257 e. The summed E-state index contributed by atoms with van der Waals surface area (Å²) >= 11 is 0. The Bertz CT molecular complexity index is 1190. The van der Waals surface area contributed by atoms with Gasteiger partial charge < -0.3 is 10.1 Å². The van der Waals surface area contributed by atoms with Gasteiger partial charge in [0.1, 0.15) is 11.3 Å². The van der Waals surface area contributed by atoms with Crippen LogP contribution in [0.15, 0.2) is 71.8 Å². The van der Waals surface area contributed by atoms with Crippen molar-refractivity contribution in [2.75, 3.05) is 0 Å². The zero-order valence-electron chi connectivity index (χ0n) is 15.1. The van der Waals surface area contributed by atoms with Gasteiger partial charge in [-0.2, -0.15) is 5.26 Å². The number of nitrogens with one attached hydrogen (secondary N) is 1. The molecule has 0 saturated carbocycles. The molecule has 2 aromatic carbocycles. The van der Waals surface area contributed by atoms with Gasteiger partial charge in [-0.05, 0) is 48.0 Å². The second kappa shape index (κ2) is 8.52. The summed E-state index contributed by atoms with van der Waals surface area (Å²) < 4.78 is 28.3. The number of amides is 1. The normalized spacial score (nSPS) is 10.8. The SMILES string of the molecule is N#Cc1cccc(Oc2ncccc2C(=O)NCc2ccc(S(N)(=O)=O)cc2)c1. The number of nitrogens with zero attached hydrogens (tertiary/aromatic N) is 2. The summed E-state index contributed by atoms with van der Waals surface area (Å²) in [5.41, 5.74) is 1.34. The van der Waals surface area contributed by atoms with Crippen LogP contribution in [0.4, 0.5) is 0 Å². The number of pyridine rings is 1. The van der Waals surface area contributed by atoms with Crippen LogP contribution in [0.5, 0.6) is 11.6 Å². The predicted octanol–water partition coefficient (Wildman–Crippen LogP) is 2.32. The van der Waals surface area contributed by atoms with Crippen LogP contribution >= 0.6 is 0 Å². The second-order valence-corrected chi connectivity index (χ2v) is 7.53. The van der Waals surface area contributed by atoms with E-state index in [1.54, 1.807) is 48.5 Å². The van der Waals surface area contributed by atoms with Gasteiger partial charge in [-0.1, -0.05) is 18.2 Å². The van der Waals surface area contributed by atoms with Crippen molar-refractivity contribution in [1.29, 1.82) is 5.26 Å². The third-order valence-corrected chi connectivity index (χ3v) is 4.83. The number of carbonyl (C=O) groups is 1. The van der Waals surface area contributed by atoms with Crippen molar-refractivity contribution in [3.63, 3.8) is 0 Å². The number of carbonyl (C=O) groups excluding carboxylic acids is 1. The molecule has 0 spiro atoms. The maximum atomic E-state index is 12.6. The number of ether oxygens (including phenoxy) is 1. The van der Waals surface area contributed by atoms with E-state index in [0.717, 1.165) is 0 Å². The molecule has 0 atom stereocenters. The van der Waals surface area contributed by atoms with Crippen molar-refractivity contribution in [2.45, 2.75) is 11.4 Å². The molecule has 0 bridgehead atoms. The van der Waals surface area contributed by atoms with Crippen molar-refractivity contribution < 1.29 is 17.9 Å². The molecule has 0 aliphatic carbocycles. The summed E-state index contributed by atoms with van der Waals surface area (Å²) in [5.74, 6) is 0.0695. The molecular formula is C20H16N4O4S. The van der Waals surface area contributed by atoms with Gasteiger partial charge in [-0.15, -0.1) is 0 Å². The van der Waals surface area contributed by atoms with Crippen molar-refractivity contribution >= 4 is 15.9 Å². The summed E-state index contributed by atoms with van der Waals surface area (Å²) in [5, 5.41) is 16.8. The van der Waals surface area contributed by atoms with Gasteiger partial charge in [0.25, 0.3) is 5.91 Å². The van der Waals surface area contributed by atoms with Crippen LogP contribution in [0.25, 0.3) is 0 Å². The fourth-order valence-corrected chi connectivity index (χ4v) is 2.98. The molecular weight excluding hydrogens is 392 g/mol. The van der Waals surface area contributed by atoms with Crippen molar-refractivity contribution in [3.8, 4) is 17.7 Å². The van der Waals surface area contributed by atoms with Crippen molar-refractivity contribution in [3.05, 3.63) is 83.6 Å². The number of hydrogen-bond donors (Lipinski definition) is 2. The van der Waals surface area contributed by atoms with Crippen LogP contribution in [0.2, 0.25) is 0 Å². The van der Waals surface area contributed by atoms with Crippen LogP contribution in [-0.4, -0.2) is 19.3 Å². The average Bonchev–Trinajstić information content (AvgIpc) is 2.72. The quantitative estimate of drug-likeness (QED) is 0.642. The predicted molar refractivity (Wildman–Crippen MR) is 104 cm³/mol. The van der Waals surface area contributed by atoms with Crippen molar-refractivity contribution in [2.24, 2.45) is 5.14 Å². The third kappa shape index (κ3) is 5.16. The summed E-state index contributed by atoms with van der Waals surface area (Å²) in [7, 11) is -3.77. The van der Waals surface area contributed by atoms with Gasteiger partial charge in [-0.25, -0.2) is 18.5 Å². The van der Waals surface area contributed by atoms with E-state index in [-0.39, 0.29) is 22.9 Å². The Labute approximate surface area is 167 Å². The molecule has 0 unspecified atom stereocenters. The molecule has 0 saturated heterocycles. The number of nitriles is 1. The molecule has 9 heteroatoms. The van der Waals surface area contributed by atoms with Crippen molar-refractivity contribution in [1.82, 2.24) is 10.3 Å². The van der Waals surface area contributed by atoms with Crippen LogP contribution in [0.3, 0.4) is 0 Å². The average molecular weight is 408 g/mol. The van der Waals surface area contributed by atoms with Crippen LogP contribution in [0, 0.1) is 11.3 Å². The summed E-state index contributed by atoms with van der Waals surface area (Å²) in [6.45, 7) is 0.169. The van der Waals surface area contributed by atoms with Gasteiger partial charge >= 0.3 is 0 Å². The van der Waals surface area contributed by atoms with Gasteiger partial charge in [0.15, 0.2) is 0 Å². The highest BCUT2D eigenvalue weighted by atomic mass is 32.2. The second-order valence-electron chi connectivity index (χ2n) is 5.97. The summed E-state index contributed by atoms with van der Waals surface area (Å²) in [6, 6.07) is 17.6. The Balaban J connectivity index is 1.72. The highest BCUT2D eigenvalue weighted by molar-refractivity contribution is 7.89. The monoisotopic (exact) mass is 408 g/mol. The number of primary sulfonamides is 1. The fourth-order valence-electron chi connectivity index (χ4n) is 2.46. The highest BCUT2D eigenvalue weighted by Crippen LogP contribution is 2.23. The topological polar surface area (TPSA) is 135 Å². The van der Waals surface area contributed by atoms with E-state index < -0.39 is 15.9 Å². The minimum atomic E-state index is -3.77. The molecule has 1 aromatic heterocycles. The first-order valence-electron chi connectivity index (χ1n) is 8.40. The van der Waals surface area contributed by atoms with E-state index in [1.165, 1.54) is 18.3 Å². The first-order chi connectivity index (χ1) is 13.9. The number of nitrogens with two attached hydrogens (primary N) is 1. The first-order valence-corrected chi connectivity index (χ1v) is 9.94. The molecule has 0 radical (unpaired) electrons. The first kappa shape index (κ1) is 20.0. The number of benzene rings is 2. The minimum Gasteiger partial charge on any atom is -0.438 e. The van der Waals surface area contributed by atoms with Gasteiger partial charge in [0.05, 0.1) is 16.5 Å². The molecule has 0 aliphatic rings. The number of aromatic nitrogens is 1. The molecule has 3 rings (SSSR count). The number of hydrogen-bond acceptors (Lipinski definition) is 6. The smallest absolute Gasteiger partial charge is 0.257 e. The van der Waals surface area contributed by atoms with Gasteiger partial charge in [0, 0.05) is 12.7 Å². The van der Waals surface area contributed by atoms with E-state index in [2.05, 4.69) is 10.3 Å². The lowest BCUT2D eigenvalue weighted by Gasteiger charge is -2.11. The Morgan fingerprint density at radius 3 is 2.59 bits per heavy atom. The van der Waals surface area contributed by atoms with Crippen LogP contribution in [0.1, 0.15) is 21.5 Å². The lowest BCUT2D eigenvalue weighted by molar-refractivity contribution is 0.0948. The largest absolute Gasteiger partial charge is 0.438 e. The Morgan fingerprint density at radius 1 is 1.14 bits per heavy atom. The summed E-state index contributed by atoms with van der Waals surface area (Å²) in [6.07, 6.45) is 1.49. The van der Waals surface area contributed by atoms with Crippen LogP contribution in [-0.2, 0) is 16.6 Å². The van der Waals surface area contributed by atoms with Gasteiger partial charge in [0.2, 0.25) is 15.9 Å². The van der Waals surface area contributed by atoms with Crippen LogP contribution < -0.4 is 15.2 Å². The molecule has 1 amide bonds. The minimum absolute atomic E-state index is 0.00452. The van der Waals surface area contributed by atoms with E-state index in [4.69, 9.17) is 15.1 Å². The molecule has 3 aromatic rings. The zero-order valence-corrected chi connectivity index (χ0v) is 15.9. The molecule has 0 aliphatic heterocycles. The standard InChI is InChI=1S/C20H16N4O4S/c21-12-15-3-1-4-16(11-15)28-20-18(5-2-10-23-20)19(25)24-13-14-6-8-17(9-7-14)29(22,26)27/h1-11H,13H2,(H,24,25)(H2,22,26,27). The molecule has 29 heavy (non-hydrogen) atoms. The Kier molecular flexibility index (Phi) is 5.87. The molecule has 146 valence electrons. The summed E-state index contributed by atoms with van der Waals surface area (Å²) in [4.78, 5) is 16.7. The fraction of sp³-hybridized carbons (Fsp3) is 0.0500. The third-order valence-electron chi connectivity index (χ3n) is 3.90. The number of rotatable bonds is 6. The molecule has 3 N–H and O–H groups in total.